The Hall–Kier alpha value is -1.18. The lowest BCUT2D eigenvalue weighted by atomic mass is 9.70. The van der Waals surface area contributed by atoms with Gasteiger partial charge in [-0.3, -0.25) is 0 Å². The van der Waals surface area contributed by atoms with Crippen LogP contribution in [-0.2, 0) is 0 Å². The molecule has 0 aromatic heterocycles. The maximum atomic E-state index is 5.31. The minimum atomic E-state index is 0.478. The van der Waals surface area contributed by atoms with Crippen molar-refractivity contribution in [3.8, 4) is 5.75 Å². The van der Waals surface area contributed by atoms with Crippen LogP contribution in [0, 0.1) is 24.2 Å². The van der Waals surface area contributed by atoms with Crippen LogP contribution in [0.4, 0.5) is 5.69 Å². The zero-order valence-corrected chi connectivity index (χ0v) is 14.3. The van der Waals surface area contributed by atoms with E-state index in [1.165, 1.54) is 36.9 Å². The van der Waals surface area contributed by atoms with Crippen molar-refractivity contribution in [3.05, 3.63) is 23.8 Å². The van der Waals surface area contributed by atoms with Gasteiger partial charge >= 0.3 is 0 Å². The fraction of sp³-hybridized carbons (Fsp3) is 0.684. The molecule has 21 heavy (non-hydrogen) atoms. The largest absolute Gasteiger partial charge is 0.496 e. The Morgan fingerprint density at radius 1 is 1.14 bits per heavy atom. The minimum Gasteiger partial charge on any atom is -0.496 e. The Morgan fingerprint density at radius 2 is 1.81 bits per heavy atom. The van der Waals surface area contributed by atoms with E-state index in [-0.39, 0.29) is 0 Å². The van der Waals surface area contributed by atoms with E-state index in [1.54, 1.807) is 7.11 Å². The van der Waals surface area contributed by atoms with Gasteiger partial charge in [-0.05, 0) is 73.6 Å². The summed E-state index contributed by atoms with van der Waals surface area (Å²) >= 11 is 0. The zero-order chi connectivity index (χ0) is 15.5. The molecule has 2 rings (SSSR count). The molecule has 1 aliphatic rings. The van der Waals surface area contributed by atoms with Gasteiger partial charge in [-0.15, -0.1) is 0 Å². The van der Waals surface area contributed by atoms with Gasteiger partial charge in [-0.1, -0.05) is 20.8 Å². The molecule has 0 unspecified atom stereocenters. The van der Waals surface area contributed by atoms with Crippen molar-refractivity contribution in [2.75, 3.05) is 19.0 Å². The highest BCUT2D eigenvalue weighted by atomic mass is 16.5. The Morgan fingerprint density at radius 3 is 2.33 bits per heavy atom. The van der Waals surface area contributed by atoms with Crippen molar-refractivity contribution in [1.29, 1.82) is 0 Å². The van der Waals surface area contributed by atoms with Crippen molar-refractivity contribution < 1.29 is 4.74 Å². The number of hydrogen-bond acceptors (Lipinski definition) is 2. The van der Waals surface area contributed by atoms with E-state index in [0.717, 1.165) is 24.1 Å². The lowest BCUT2D eigenvalue weighted by Gasteiger charge is -2.37. The predicted octanol–water partition coefficient (Wildman–Crippen LogP) is 5.27. The van der Waals surface area contributed by atoms with Gasteiger partial charge in [0.2, 0.25) is 0 Å². The molecule has 1 aliphatic carbocycles. The lowest BCUT2D eigenvalue weighted by Crippen LogP contribution is -2.28. The van der Waals surface area contributed by atoms with Crippen molar-refractivity contribution in [2.24, 2.45) is 17.3 Å². The zero-order valence-electron chi connectivity index (χ0n) is 14.3. The molecule has 0 saturated heterocycles. The van der Waals surface area contributed by atoms with Gasteiger partial charge in [-0.25, -0.2) is 0 Å². The Labute approximate surface area is 130 Å². The number of rotatable bonds is 4. The quantitative estimate of drug-likeness (QED) is 0.815. The van der Waals surface area contributed by atoms with Crippen LogP contribution in [0.5, 0.6) is 5.75 Å². The summed E-state index contributed by atoms with van der Waals surface area (Å²) in [5, 5.41) is 3.60. The molecule has 0 spiro atoms. The van der Waals surface area contributed by atoms with E-state index in [2.05, 4.69) is 45.1 Å². The molecule has 1 aromatic carbocycles. The number of benzene rings is 1. The molecule has 1 aromatic rings. The molecular formula is C19H31NO. The van der Waals surface area contributed by atoms with Gasteiger partial charge in [0.05, 0.1) is 7.11 Å². The summed E-state index contributed by atoms with van der Waals surface area (Å²) in [5.41, 5.74) is 2.89. The summed E-state index contributed by atoms with van der Waals surface area (Å²) in [6.45, 7) is 10.4. The fourth-order valence-electron chi connectivity index (χ4n) is 3.48. The van der Waals surface area contributed by atoms with E-state index >= 15 is 0 Å². The molecule has 0 atom stereocenters. The van der Waals surface area contributed by atoms with E-state index in [1.807, 2.05) is 6.07 Å². The van der Waals surface area contributed by atoms with Crippen molar-refractivity contribution in [3.63, 3.8) is 0 Å². The molecule has 1 N–H and O–H groups in total. The van der Waals surface area contributed by atoms with E-state index in [0.29, 0.717) is 5.41 Å². The van der Waals surface area contributed by atoms with Gasteiger partial charge in [-0.2, -0.15) is 0 Å². The maximum Gasteiger partial charge on any atom is 0.121 e. The molecule has 0 radical (unpaired) electrons. The molecular weight excluding hydrogens is 258 g/mol. The molecule has 1 fully saturated rings. The summed E-state index contributed by atoms with van der Waals surface area (Å²) in [6, 6.07) is 6.35. The first-order chi connectivity index (χ1) is 9.90. The molecule has 118 valence electrons. The number of aryl methyl sites for hydroxylation is 1. The highest BCUT2D eigenvalue weighted by Crippen LogP contribution is 2.39. The van der Waals surface area contributed by atoms with Gasteiger partial charge < -0.3 is 10.1 Å². The highest BCUT2D eigenvalue weighted by molar-refractivity contribution is 5.50. The fourth-order valence-corrected chi connectivity index (χ4v) is 3.48. The van der Waals surface area contributed by atoms with Crippen molar-refractivity contribution in [1.82, 2.24) is 0 Å². The molecule has 0 aliphatic heterocycles. The number of nitrogens with one attached hydrogen (secondary N) is 1. The van der Waals surface area contributed by atoms with Gasteiger partial charge in [0.15, 0.2) is 0 Å². The smallest absolute Gasteiger partial charge is 0.121 e. The molecule has 0 heterocycles. The van der Waals surface area contributed by atoms with Crippen molar-refractivity contribution in [2.45, 2.75) is 53.4 Å². The average molecular weight is 289 g/mol. The molecule has 0 bridgehead atoms. The van der Waals surface area contributed by atoms with E-state index in [4.69, 9.17) is 4.74 Å². The number of methoxy groups -OCH3 is 1. The van der Waals surface area contributed by atoms with Crippen LogP contribution in [0.2, 0.25) is 0 Å². The van der Waals surface area contributed by atoms with Gasteiger partial charge in [0.1, 0.15) is 5.75 Å². The summed E-state index contributed by atoms with van der Waals surface area (Å²) in [7, 11) is 1.73. The summed E-state index contributed by atoms with van der Waals surface area (Å²) < 4.78 is 5.31. The first-order valence-corrected chi connectivity index (χ1v) is 8.28. The molecule has 2 heteroatoms. The second-order valence-corrected chi connectivity index (χ2v) is 7.65. The molecule has 0 amide bonds. The third-order valence-corrected chi connectivity index (χ3v) is 5.06. The second kappa shape index (κ2) is 6.72. The number of ether oxygens (including phenoxy) is 1. The predicted molar refractivity (Wildman–Crippen MR) is 91.1 cm³/mol. The highest BCUT2D eigenvalue weighted by Gasteiger charge is 2.29. The van der Waals surface area contributed by atoms with Crippen LogP contribution in [0.3, 0.4) is 0 Å². The first kappa shape index (κ1) is 16.2. The second-order valence-electron chi connectivity index (χ2n) is 7.65. The molecule has 1 saturated carbocycles. The van der Waals surface area contributed by atoms with Crippen molar-refractivity contribution >= 4 is 5.69 Å². The number of anilines is 1. The van der Waals surface area contributed by atoms with Crippen LogP contribution in [0.1, 0.15) is 52.0 Å². The summed E-state index contributed by atoms with van der Waals surface area (Å²) in [5.74, 6) is 2.69. The SMILES string of the molecule is COc1ccc(NCC2CCC(C(C)(C)C)CC2)cc1C. The normalized spacial score (nSPS) is 22.9. The minimum absolute atomic E-state index is 0.478. The molecule has 2 nitrogen and oxygen atoms in total. The monoisotopic (exact) mass is 289 g/mol. The Bertz CT molecular complexity index is 453. The van der Waals surface area contributed by atoms with Crippen LogP contribution in [-0.4, -0.2) is 13.7 Å². The first-order valence-electron chi connectivity index (χ1n) is 8.28. The van der Waals surface area contributed by atoms with Gasteiger partial charge in [0, 0.05) is 12.2 Å². The summed E-state index contributed by atoms with van der Waals surface area (Å²) in [6.07, 6.45) is 5.50. The average Bonchev–Trinajstić information content (AvgIpc) is 2.45. The third-order valence-electron chi connectivity index (χ3n) is 5.06. The Kier molecular flexibility index (Phi) is 5.18. The van der Waals surface area contributed by atoms with Crippen LogP contribution in [0.25, 0.3) is 0 Å². The van der Waals surface area contributed by atoms with Crippen LogP contribution >= 0.6 is 0 Å². The van der Waals surface area contributed by atoms with Crippen LogP contribution < -0.4 is 10.1 Å². The van der Waals surface area contributed by atoms with E-state index < -0.39 is 0 Å². The van der Waals surface area contributed by atoms with Gasteiger partial charge in [0.25, 0.3) is 0 Å². The standard InChI is InChI=1S/C19H31NO/c1-14-12-17(10-11-18(14)21-5)20-13-15-6-8-16(9-7-15)19(2,3)4/h10-12,15-16,20H,6-9,13H2,1-5H3. The number of hydrogen-bond donors (Lipinski definition) is 1. The summed E-state index contributed by atoms with van der Waals surface area (Å²) in [4.78, 5) is 0. The maximum absolute atomic E-state index is 5.31. The Balaban J connectivity index is 1.81. The van der Waals surface area contributed by atoms with Crippen LogP contribution in [0.15, 0.2) is 18.2 Å². The third kappa shape index (κ3) is 4.39. The topological polar surface area (TPSA) is 21.3 Å². The lowest BCUT2D eigenvalue weighted by molar-refractivity contribution is 0.153. The van der Waals surface area contributed by atoms with E-state index in [9.17, 15) is 0 Å².